The van der Waals surface area contributed by atoms with E-state index in [4.69, 9.17) is 27.9 Å². The Bertz CT molecular complexity index is 609. The van der Waals surface area contributed by atoms with E-state index in [1.54, 1.807) is 25.1 Å². The molecule has 0 saturated carbocycles. The number of carbonyl (C=O) groups excluding carboxylic acids is 2. The fourth-order valence-corrected chi connectivity index (χ4v) is 3.16. The molecule has 0 spiro atoms. The minimum atomic E-state index is -0.378. The fraction of sp³-hybridized carbons (Fsp3) is 0.529. The maximum absolute atomic E-state index is 12.5. The lowest BCUT2D eigenvalue weighted by Crippen LogP contribution is -2.48. The normalized spacial score (nSPS) is 19.6. The Hall–Kier alpha value is -1.30. The molecule has 0 aliphatic carbocycles. The summed E-state index contributed by atoms with van der Waals surface area (Å²) in [4.78, 5) is 26.4. The summed E-state index contributed by atoms with van der Waals surface area (Å²) >= 11 is 12.1. The lowest BCUT2D eigenvalue weighted by atomic mass is 9.97. The van der Waals surface area contributed by atoms with Crippen molar-refractivity contribution in [2.24, 2.45) is 5.92 Å². The largest absolute Gasteiger partial charge is 0.466 e. The van der Waals surface area contributed by atoms with Crippen LogP contribution in [0.3, 0.4) is 0 Å². The van der Waals surface area contributed by atoms with Crippen molar-refractivity contribution in [3.63, 3.8) is 0 Å². The summed E-state index contributed by atoms with van der Waals surface area (Å²) in [5, 5.41) is 3.52. The van der Waals surface area contributed by atoms with Gasteiger partial charge < -0.3 is 10.1 Å². The van der Waals surface area contributed by atoms with Gasteiger partial charge in [-0.1, -0.05) is 29.3 Å². The van der Waals surface area contributed by atoms with Gasteiger partial charge in [-0.05, 0) is 45.4 Å². The second kappa shape index (κ2) is 8.70. The van der Waals surface area contributed by atoms with E-state index < -0.39 is 0 Å². The van der Waals surface area contributed by atoms with Gasteiger partial charge in [-0.2, -0.15) is 0 Å². The van der Waals surface area contributed by atoms with Gasteiger partial charge in [-0.25, -0.2) is 0 Å². The van der Waals surface area contributed by atoms with Crippen LogP contribution < -0.4 is 5.32 Å². The van der Waals surface area contributed by atoms with Crippen LogP contribution >= 0.6 is 23.2 Å². The molecular formula is C17H22Cl2N2O3. The average molecular weight is 373 g/mol. The van der Waals surface area contributed by atoms with Gasteiger partial charge in [0.05, 0.1) is 34.3 Å². The highest BCUT2D eigenvalue weighted by atomic mass is 35.5. The Morgan fingerprint density at radius 2 is 2.17 bits per heavy atom. The van der Waals surface area contributed by atoms with E-state index in [9.17, 15) is 9.59 Å². The first-order valence-corrected chi connectivity index (χ1v) is 8.85. The minimum absolute atomic E-state index is 0.177. The second-order valence-corrected chi connectivity index (χ2v) is 6.64. The molecule has 0 aromatic heterocycles. The van der Waals surface area contributed by atoms with Crippen LogP contribution in [0.2, 0.25) is 10.0 Å². The molecule has 132 valence electrons. The van der Waals surface area contributed by atoms with Crippen LogP contribution in [0.1, 0.15) is 26.7 Å². The number of anilines is 1. The maximum Gasteiger partial charge on any atom is 0.310 e. The standard InChI is InChI=1S/C17H22Cl2N2O3/c1-3-24-17(23)12-6-5-9-21(10-12)11(2)16(22)20-14-8-4-7-13(18)15(14)19/h4,7-8,11-12H,3,5-6,9-10H2,1-2H3,(H,20,22). The number of carbonyl (C=O) groups is 2. The third-order valence-electron chi connectivity index (χ3n) is 4.21. The van der Waals surface area contributed by atoms with E-state index in [1.807, 2.05) is 11.8 Å². The van der Waals surface area contributed by atoms with E-state index in [0.29, 0.717) is 28.9 Å². The Balaban J connectivity index is 1.99. The molecule has 5 nitrogen and oxygen atoms in total. The molecule has 1 saturated heterocycles. The molecule has 2 atom stereocenters. The molecule has 1 aliphatic heterocycles. The van der Waals surface area contributed by atoms with Crippen molar-refractivity contribution < 1.29 is 14.3 Å². The quantitative estimate of drug-likeness (QED) is 0.802. The maximum atomic E-state index is 12.5. The number of nitrogens with zero attached hydrogens (tertiary/aromatic N) is 1. The number of nitrogens with one attached hydrogen (secondary N) is 1. The first-order chi connectivity index (χ1) is 11.4. The average Bonchev–Trinajstić information content (AvgIpc) is 2.58. The molecule has 1 N–H and O–H groups in total. The van der Waals surface area contributed by atoms with Gasteiger partial charge in [0.25, 0.3) is 0 Å². The zero-order valence-electron chi connectivity index (χ0n) is 13.9. The Labute approximate surface area is 152 Å². The summed E-state index contributed by atoms with van der Waals surface area (Å²) in [6.45, 7) is 5.29. The highest BCUT2D eigenvalue weighted by molar-refractivity contribution is 6.44. The third-order valence-corrected chi connectivity index (χ3v) is 5.03. The van der Waals surface area contributed by atoms with Crippen molar-refractivity contribution in [3.05, 3.63) is 28.2 Å². The van der Waals surface area contributed by atoms with Crippen molar-refractivity contribution in [2.75, 3.05) is 25.0 Å². The first kappa shape index (κ1) is 19.0. The van der Waals surface area contributed by atoms with Gasteiger partial charge in [0.15, 0.2) is 0 Å². The summed E-state index contributed by atoms with van der Waals surface area (Å²) < 4.78 is 5.10. The number of hydrogen-bond donors (Lipinski definition) is 1. The molecule has 1 aliphatic rings. The molecule has 2 unspecified atom stereocenters. The van der Waals surface area contributed by atoms with Gasteiger partial charge >= 0.3 is 5.97 Å². The summed E-state index contributed by atoms with van der Waals surface area (Å²) in [5.74, 6) is -0.542. The van der Waals surface area contributed by atoms with Crippen molar-refractivity contribution in [1.29, 1.82) is 0 Å². The van der Waals surface area contributed by atoms with Gasteiger partial charge in [0, 0.05) is 6.54 Å². The summed E-state index contributed by atoms with van der Waals surface area (Å²) in [5.41, 5.74) is 0.486. The van der Waals surface area contributed by atoms with Crippen LogP contribution in [0.15, 0.2) is 18.2 Å². The molecule has 0 bridgehead atoms. The van der Waals surface area contributed by atoms with Crippen LogP contribution in [0.25, 0.3) is 0 Å². The number of piperidine rings is 1. The molecule has 7 heteroatoms. The van der Waals surface area contributed by atoms with Crippen molar-refractivity contribution in [2.45, 2.75) is 32.7 Å². The molecule has 24 heavy (non-hydrogen) atoms. The van der Waals surface area contributed by atoms with Crippen LogP contribution in [0.5, 0.6) is 0 Å². The predicted octanol–water partition coefficient (Wildman–Crippen LogP) is 3.60. The van der Waals surface area contributed by atoms with Crippen molar-refractivity contribution in [1.82, 2.24) is 4.90 Å². The minimum Gasteiger partial charge on any atom is -0.466 e. The predicted molar refractivity (Wildman–Crippen MR) is 95.5 cm³/mol. The first-order valence-electron chi connectivity index (χ1n) is 8.09. The van der Waals surface area contributed by atoms with Crippen molar-refractivity contribution >= 4 is 40.8 Å². The molecule has 1 amide bonds. The summed E-state index contributed by atoms with van der Waals surface area (Å²) in [7, 11) is 0. The van der Waals surface area contributed by atoms with Crippen LogP contribution in [-0.2, 0) is 14.3 Å². The Morgan fingerprint density at radius 1 is 1.42 bits per heavy atom. The number of amides is 1. The highest BCUT2D eigenvalue weighted by Crippen LogP contribution is 2.30. The van der Waals surface area contributed by atoms with E-state index in [2.05, 4.69) is 5.32 Å². The van der Waals surface area contributed by atoms with Gasteiger partial charge in [0.2, 0.25) is 5.91 Å². The van der Waals surface area contributed by atoms with E-state index >= 15 is 0 Å². The van der Waals surface area contributed by atoms with Crippen LogP contribution in [0, 0.1) is 5.92 Å². The zero-order valence-corrected chi connectivity index (χ0v) is 15.4. The van der Waals surface area contributed by atoms with Crippen molar-refractivity contribution in [3.8, 4) is 0 Å². The number of hydrogen-bond acceptors (Lipinski definition) is 4. The lowest BCUT2D eigenvalue weighted by Gasteiger charge is -2.35. The molecule has 0 radical (unpaired) electrons. The summed E-state index contributed by atoms with van der Waals surface area (Å²) in [6.07, 6.45) is 1.66. The number of ether oxygens (including phenoxy) is 1. The second-order valence-electron chi connectivity index (χ2n) is 5.85. The number of halogens is 2. The molecule has 1 heterocycles. The number of likely N-dealkylation sites (tertiary alicyclic amines) is 1. The van der Waals surface area contributed by atoms with E-state index in [0.717, 1.165) is 19.4 Å². The molecular weight excluding hydrogens is 351 g/mol. The number of esters is 1. The summed E-state index contributed by atoms with van der Waals surface area (Å²) in [6, 6.07) is 4.72. The topological polar surface area (TPSA) is 58.6 Å². The van der Waals surface area contributed by atoms with Crippen LogP contribution in [0.4, 0.5) is 5.69 Å². The smallest absolute Gasteiger partial charge is 0.310 e. The van der Waals surface area contributed by atoms with Gasteiger partial charge in [0.1, 0.15) is 0 Å². The zero-order chi connectivity index (χ0) is 17.7. The van der Waals surface area contributed by atoms with E-state index in [-0.39, 0.29) is 23.8 Å². The fourth-order valence-electron chi connectivity index (χ4n) is 2.81. The monoisotopic (exact) mass is 372 g/mol. The SMILES string of the molecule is CCOC(=O)C1CCCN(C(C)C(=O)Nc2cccc(Cl)c2Cl)C1. The highest BCUT2D eigenvalue weighted by Gasteiger charge is 2.31. The molecule has 1 fully saturated rings. The number of rotatable bonds is 5. The molecule has 1 aromatic carbocycles. The van der Waals surface area contributed by atoms with E-state index in [1.165, 1.54) is 0 Å². The number of benzene rings is 1. The Morgan fingerprint density at radius 3 is 2.88 bits per heavy atom. The molecule has 2 rings (SSSR count). The Kier molecular flexibility index (Phi) is 6.90. The van der Waals surface area contributed by atoms with Gasteiger partial charge in [-0.3, -0.25) is 14.5 Å². The van der Waals surface area contributed by atoms with Crippen LogP contribution in [-0.4, -0.2) is 42.5 Å². The lowest BCUT2D eigenvalue weighted by molar-refractivity contribution is -0.150. The third kappa shape index (κ3) is 4.62. The molecule has 1 aromatic rings. The van der Waals surface area contributed by atoms with Gasteiger partial charge in [-0.15, -0.1) is 0 Å².